The number of aliphatic hydroxyl groups excluding tert-OH is 1. The number of hydrogen-bond acceptors (Lipinski definition) is 4. The summed E-state index contributed by atoms with van der Waals surface area (Å²) >= 11 is 6.07. The van der Waals surface area contributed by atoms with Gasteiger partial charge >= 0.3 is 0 Å². The van der Waals surface area contributed by atoms with Crippen molar-refractivity contribution in [3.05, 3.63) is 17.0 Å². The van der Waals surface area contributed by atoms with Crippen LogP contribution in [0.15, 0.2) is 6.33 Å². The minimum absolute atomic E-state index is 0.112. The van der Waals surface area contributed by atoms with Crippen LogP contribution in [0.3, 0.4) is 0 Å². The maximum absolute atomic E-state index is 9.00. The van der Waals surface area contributed by atoms with E-state index in [0.29, 0.717) is 11.7 Å². The summed E-state index contributed by atoms with van der Waals surface area (Å²) in [6.07, 6.45) is 3.32. The topological polar surface area (TPSA) is 49.2 Å². The van der Waals surface area contributed by atoms with Crippen molar-refractivity contribution >= 4 is 17.4 Å². The average molecular weight is 244 g/mol. The minimum atomic E-state index is 0.112. The van der Waals surface area contributed by atoms with Crippen LogP contribution >= 0.6 is 11.6 Å². The van der Waals surface area contributed by atoms with Gasteiger partial charge in [0.1, 0.15) is 17.3 Å². The normalized spacial score (nSPS) is 10.5. The smallest absolute Gasteiger partial charge is 0.137 e. The van der Waals surface area contributed by atoms with Gasteiger partial charge < -0.3 is 10.0 Å². The largest absolute Gasteiger partial charge is 0.395 e. The van der Waals surface area contributed by atoms with Crippen LogP contribution in [-0.2, 0) is 6.42 Å². The highest BCUT2D eigenvalue weighted by Gasteiger charge is 2.14. The van der Waals surface area contributed by atoms with E-state index in [4.69, 9.17) is 16.7 Å². The standard InChI is InChI=1S/C11H18ClN3O/c1-3-5-9-10(12)13-8-14-11(9)15(4-2)6-7-16/h8,16H,3-7H2,1-2H3. The number of rotatable bonds is 6. The second kappa shape index (κ2) is 6.66. The highest BCUT2D eigenvalue weighted by atomic mass is 35.5. The van der Waals surface area contributed by atoms with Gasteiger partial charge in [-0.3, -0.25) is 0 Å². The lowest BCUT2D eigenvalue weighted by Crippen LogP contribution is -2.28. The predicted molar refractivity (Wildman–Crippen MR) is 66.0 cm³/mol. The Labute approximate surface area is 101 Å². The third kappa shape index (κ3) is 3.06. The number of nitrogens with zero attached hydrogens (tertiary/aromatic N) is 3. The van der Waals surface area contributed by atoms with Gasteiger partial charge in [-0.25, -0.2) is 9.97 Å². The Hall–Kier alpha value is -0.870. The second-order valence-corrected chi connectivity index (χ2v) is 3.88. The van der Waals surface area contributed by atoms with Crippen molar-refractivity contribution in [1.82, 2.24) is 9.97 Å². The molecule has 16 heavy (non-hydrogen) atoms. The molecule has 1 aromatic rings. The van der Waals surface area contributed by atoms with E-state index in [1.54, 1.807) is 0 Å². The van der Waals surface area contributed by atoms with Crippen LogP contribution in [-0.4, -0.2) is 34.8 Å². The summed E-state index contributed by atoms with van der Waals surface area (Å²) in [5.41, 5.74) is 0.974. The number of hydrogen-bond donors (Lipinski definition) is 1. The minimum Gasteiger partial charge on any atom is -0.395 e. The molecule has 0 saturated carbocycles. The summed E-state index contributed by atoms with van der Waals surface area (Å²) in [6, 6.07) is 0. The van der Waals surface area contributed by atoms with Crippen molar-refractivity contribution in [2.45, 2.75) is 26.7 Å². The van der Waals surface area contributed by atoms with Gasteiger partial charge in [0.25, 0.3) is 0 Å². The van der Waals surface area contributed by atoms with Gasteiger partial charge in [0.05, 0.1) is 6.61 Å². The predicted octanol–water partition coefficient (Wildman–Crippen LogP) is 1.90. The molecule has 0 unspecified atom stereocenters. The Kier molecular flexibility index (Phi) is 5.49. The van der Waals surface area contributed by atoms with Gasteiger partial charge in [0.2, 0.25) is 0 Å². The van der Waals surface area contributed by atoms with E-state index in [0.717, 1.165) is 30.8 Å². The molecule has 0 fully saturated rings. The van der Waals surface area contributed by atoms with Crippen molar-refractivity contribution in [2.75, 3.05) is 24.6 Å². The number of aromatic nitrogens is 2. The summed E-state index contributed by atoms with van der Waals surface area (Å²) in [7, 11) is 0. The Bertz CT molecular complexity index is 333. The molecule has 1 rings (SSSR count). The molecule has 90 valence electrons. The Balaban J connectivity index is 3.04. The first-order chi connectivity index (χ1) is 7.74. The fourth-order valence-corrected chi connectivity index (χ4v) is 1.88. The number of aliphatic hydroxyl groups is 1. The lowest BCUT2D eigenvalue weighted by atomic mass is 10.1. The van der Waals surface area contributed by atoms with E-state index in [2.05, 4.69) is 16.9 Å². The Morgan fingerprint density at radius 1 is 1.38 bits per heavy atom. The van der Waals surface area contributed by atoms with Crippen LogP contribution in [0.2, 0.25) is 5.15 Å². The molecule has 0 radical (unpaired) electrons. The third-order valence-electron chi connectivity index (χ3n) is 2.42. The third-order valence-corrected chi connectivity index (χ3v) is 2.75. The summed E-state index contributed by atoms with van der Waals surface area (Å²) in [6.45, 7) is 5.60. The molecule has 1 aromatic heterocycles. The van der Waals surface area contributed by atoms with Crippen molar-refractivity contribution in [2.24, 2.45) is 0 Å². The first-order valence-corrected chi connectivity index (χ1v) is 5.97. The van der Waals surface area contributed by atoms with Gasteiger partial charge in [0, 0.05) is 18.7 Å². The quantitative estimate of drug-likeness (QED) is 0.776. The van der Waals surface area contributed by atoms with E-state index >= 15 is 0 Å². The van der Waals surface area contributed by atoms with Gasteiger partial charge in [-0.05, 0) is 13.3 Å². The molecule has 0 aliphatic heterocycles. The summed E-state index contributed by atoms with van der Waals surface area (Å²) in [5, 5.41) is 9.52. The molecule has 5 heteroatoms. The van der Waals surface area contributed by atoms with E-state index in [-0.39, 0.29) is 6.61 Å². The van der Waals surface area contributed by atoms with E-state index in [9.17, 15) is 0 Å². The molecule has 1 heterocycles. The molecule has 0 aliphatic rings. The SMILES string of the molecule is CCCc1c(Cl)ncnc1N(CC)CCO. The van der Waals surface area contributed by atoms with Crippen LogP contribution in [0.5, 0.6) is 0 Å². The molecule has 0 aliphatic carbocycles. The first kappa shape index (κ1) is 13.2. The molecule has 1 N–H and O–H groups in total. The maximum Gasteiger partial charge on any atom is 0.137 e. The van der Waals surface area contributed by atoms with Crippen molar-refractivity contribution in [3.63, 3.8) is 0 Å². The number of anilines is 1. The number of halogens is 1. The lowest BCUT2D eigenvalue weighted by molar-refractivity contribution is 0.302. The van der Waals surface area contributed by atoms with Crippen LogP contribution in [0, 0.1) is 0 Å². The lowest BCUT2D eigenvalue weighted by Gasteiger charge is -2.23. The second-order valence-electron chi connectivity index (χ2n) is 3.52. The molecular formula is C11H18ClN3O. The molecule has 0 spiro atoms. The molecule has 0 atom stereocenters. The van der Waals surface area contributed by atoms with Crippen molar-refractivity contribution in [1.29, 1.82) is 0 Å². The fraction of sp³-hybridized carbons (Fsp3) is 0.636. The highest BCUT2D eigenvalue weighted by molar-refractivity contribution is 6.30. The van der Waals surface area contributed by atoms with Crippen LogP contribution in [0.4, 0.5) is 5.82 Å². The zero-order chi connectivity index (χ0) is 12.0. The van der Waals surface area contributed by atoms with Gasteiger partial charge in [0.15, 0.2) is 0 Å². The zero-order valence-electron chi connectivity index (χ0n) is 9.78. The van der Waals surface area contributed by atoms with Gasteiger partial charge in [-0.15, -0.1) is 0 Å². The Morgan fingerprint density at radius 2 is 2.12 bits per heavy atom. The van der Waals surface area contributed by atoms with Crippen LogP contribution in [0.25, 0.3) is 0 Å². The summed E-state index contributed by atoms with van der Waals surface area (Å²) in [4.78, 5) is 10.3. The average Bonchev–Trinajstić information content (AvgIpc) is 2.29. The highest BCUT2D eigenvalue weighted by Crippen LogP contribution is 2.24. The fourth-order valence-electron chi connectivity index (χ4n) is 1.65. The van der Waals surface area contributed by atoms with E-state index in [1.165, 1.54) is 6.33 Å². The molecular weight excluding hydrogens is 226 g/mol. The summed E-state index contributed by atoms with van der Waals surface area (Å²) < 4.78 is 0. The summed E-state index contributed by atoms with van der Waals surface area (Å²) in [5.74, 6) is 0.846. The molecule has 0 bridgehead atoms. The van der Waals surface area contributed by atoms with E-state index in [1.807, 2.05) is 11.8 Å². The Morgan fingerprint density at radius 3 is 2.69 bits per heavy atom. The van der Waals surface area contributed by atoms with Gasteiger partial charge in [-0.2, -0.15) is 0 Å². The maximum atomic E-state index is 9.00. The van der Waals surface area contributed by atoms with E-state index < -0.39 is 0 Å². The van der Waals surface area contributed by atoms with Crippen LogP contribution < -0.4 is 4.90 Å². The molecule has 0 amide bonds. The van der Waals surface area contributed by atoms with Crippen molar-refractivity contribution < 1.29 is 5.11 Å². The molecule has 0 aromatic carbocycles. The van der Waals surface area contributed by atoms with Gasteiger partial charge in [-0.1, -0.05) is 24.9 Å². The monoisotopic (exact) mass is 243 g/mol. The molecule has 0 saturated heterocycles. The molecule has 4 nitrogen and oxygen atoms in total. The van der Waals surface area contributed by atoms with Crippen molar-refractivity contribution in [3.8, 4) is 0 Å². The zero-order valence-corrected chi connectivity index (χ0v) is 10.5. The van der Waals surface area contributed by atoms with Crippen LogP contribution in [0.1, 0.15) is 25.8 Å². The number of likely N-dealkylation sites (N-methyl/N-ethyl adjacent to an activating group) is 1. The first-order valence-electron chi connectivity index (χ1n) is 5.59.